The molecule has 0 aliphatic rings. The van der Waals surface area contributed by atoms with Gasteiger partial charge in [0, 0.05) is 23.7 Å². The summed E-state index contributed by atoms with van der Waals surface area (Å²) in [6, 6.07) is 5.80. The molecule has 2 amide bonds. The van der Waals surface area contributed by atoms with Gasteiger partial charge in [-0.05, 0) is 37.1 Å². The topological polar surface area (TPSA) is 67.4 Å². The Labute approximate surface area is 136 Å². The SMILES string of the molecule is COC[C@H](C)NC(=O)[C@@H](NC(=O)c1ccc(Cl)cc1)C(C)C. The molecule has 122 valence electrons. The van der Waals surface area contributed by atoms with Crippen molar-refractivity contribution in [3.8, 4) is 0 Å². The molecule has 0 saturated carbocycles. The smallest absolute Gasteiger partial charge is 0.251 e. The highest BCUT2D eigenvalue weighted by atomic mass is 35.5. The van der Waals surface area contributed by atoms with Crippen molar-refractivity contribution in [1.82, 2.24) is 10.6 Å². The van der Waals surface area contributed by atoms with Crippen LogP contribution in [0, 0.1) is 5.92 Å². The first-order valence-electron chi connectivity index (χ1n) is 7.21. The molecule has 0 saturated heterocycles. The average Bonchev–Trinajstić information content (AvgIpc) is 2.44. The molecule has 0 aliphatic carbocycles. The van der Waals surface area contributed by atoms with Gasteiger partial charge in [-0.3, -0.25) is 9.59 Å². The molecule has 6 heteroatoms. The fourth-order valence-corrected chi connectivity index (χ4v) is 2.11. The van der Waals surface area contributed by atoms with Gasteiger partial charge in [0.2, 0.25) is 5.91 Å². The zero-order valence-electron chi connectivity index (χ0n) is 13.4. The number of hydrogen-bond donors (Lipinski definition) is 2. The third-order valence-corrected chi connectivity index (χ3v) is 3.40. The lowest BCUT2D eigenvalue weighted by atomic mass is 10.0. The van der Waals surface area contributed by atoms with Crippen LogP contribution in [0.25, 0.3) is 0 Å². The Hall–Kier alpha value is -1.59. The summed E-state index contributed by atoms with van der Waals surface area (Å²) in [5, 5.41) is 6.15. The van der Waals surface area contributed by atoms with Crippen LogP contribution in [0.4, 0.5) is 0 Å². The van der Waals surface area contributed by atoms with E-state index in [1.165, 1.54) is 0 Å². The van der Waals surface area contributed by atoms with Crippen molar-refractivity contribution < 1.29 is 14.3 Å². The van der Waals surface area contributed by atoms with Crippen molar-refractivity contribution in [3.05, 3.63) is 34.9 Å². The molecular formula is C16H23ClN2O3. The molecule has 2 atom stereocenters. The van der Waals surface area contributed by atoms with Gasteiger partial charge in [0.15, 0.2) is 0 Å². The lowest BCUT2D eigenvalue weighted by Crippen LogP contribution is -2.52. The molecule has 1 aromatic carbocycles. The molecule has 0 unspecified atom stereocenters. The van der Waals surface area contributed by atoms with E-state index in [-0.39, 0.29) is 23.8 Å². The monoisotopic (exact) mass is 326 g/mol. The number of hydrogen-bond acceptors (Lipinski definition) is 3. The van der Waals surface area contributed by atoms with Crippen LogP contribution in [-0.4, -0.2) is 37.6 Å². The van der Waals surface area contributed by atoms with Gasteiger partial charge < -0.3 is 15.4 Å². The maximum atomic E-state index is 12.3. The van der Waals surface area contributed by atoms with Gasteiger partial charge in [0.25, 0.3) is 5.91 Å². The van der Waals surface area contributed by atoms with Crippen molar-refractivity contribution >= 4 is 23.4 Å². The molecule has 5 nitrogen and oxygen atoms in total. The van der Waals surface area contributed by atoms with Crippen molar-refractivity contribution in [3.63, 3.8) is 0 Å². The Balaban J connectivity index is 2.73. The molecule has 0 fully saturated rings. The van der Waals surface area contributed by atoms with Gasteiger partial charge >= 0.3 is 0 Å². The molecule has 0 bridgehead atoms. The zero-order chi connectivity index (χ0) is 16.7. The van der Waals surface area contributed by atoms with Gasteiger partial charge in [0.1, 0.15) is 6.04 Å². The predicted molar refractivity (Wildman–Crippen MR) is 87.0 cm³/mol. The number of methoxy groups -OCH3 is 1. The molecular weight excluding hydrogens is 304 g/mol. The number of ether oxygens (including phenoxy) is 1. The van der Waals surface area contributed by atoms with Crippen LogP contribution in [-0.2, 0) is 9.53 Å². The number of benzene rings is 1. The molecule has 2 N–H and O–H groups in total. The normalized spacial score (nSPS) is 13.5. The number of carbonyl (C=O) groups excluding carboxylic acids is 2. The number of halogens is 1. The number of amides is 2. The second-order valence-electron chi connectivity index (χ2n) is 5.57. The largest absolute Gasteiger partial charge is 0.383 e. The summed E-state index contributed by atoms with van der Waals surface area (Å²) in [7, 11) is 1.57. The highest BCUT2D eigenvalue weighted by Crippen LogP contribution is 2.10. The maximum Gasteiger partial charge on any atom is 0.251 e. The molecule has 0 heterocycles. The van der Waals surface area contributed by atoms with Crippen molar-refractivity contribution in [2.75, 3.05) is 13.7 Å². The number of rotatable bonds is 7. The van der Waals surface area contributed by atoms with Gasteiger partial charge in [-0.2, -0.15) is 0 Å². The van der Waals surface area contributed by atoms with Gasteiger partial charge in [-0.25, -0.2) is 0 Å². The third kappa shape index (κ3) is 5.66. The average molecular weight is 327 g/mol. The van der Waals surface area contributed by atoms with Crippen LogP contribution < -0.4 is 10.6 Å². The molecule has 22 heavy (non-hydrogen) atoms. The third-order valence-electron chi connectivity index (χ3n) is 3.15. The Kier molecular flexibility index (Phi) is 7.35. The van der Waals surface area contributed by atoms with E-state index >= 15 is 0 Å². The van der Waals surface area contributed by atoms with Gasteiger partial charge in [-0.1, -0.05) is 25.4 Å². The summed E-state index contributed by atoms with van der Waals surface area (Å²) in [6.07, 6.45) is 0. The van der Waals surface area contributed by atoms with Crippen molar-refractivity contribution in [1.29, 1.82) is 0 Å². The van der Waals surface area contributed by atoms with E-state index in [2.05, 4.69) is 10.6 Å². The second-order valence-corrected chi connectivity index (χ2v) is 6.00. The van der Waals surface area contributed by atoms with E-state index in [0.29, 0.717) is 17.2 Å². The number of carbonyl (C=O) groups is 2. The molecule has 1 rings (SSSR count). The predicted octanol–water partition coefficient (Wildman–Crippen LogP) is 2.25. The first-order chi connectivity index (χ1) is 10.3. The van der Waals surface area contributed by atoms with Crippen LogP contribution in [0.5, 0.6) is 0 Å². The van der Waals surface area contributed by atoms with Crippen LogP contribution in [0.15, 0.2) is 24.3 Å². The lowest BCUT2D eigenvalue weighted by molar-refractivity contribution is -0.124. The van der Waals surface area contributed by atoms with Crippen LogP contribution in [0.2, 0.25) is 5.02 Å². The van der Waals surface area contributed by atoms with Crippen LogP contribution in [0.1, 0.15) is 31.1 Å². The minimum atomic E-state index is -0.609. The summed E-state index contributed by atoms with van der Waals surface area (Å²) >= 11 is 5.80. The summed E-state index contributed by atoms with van der Waals surface area (Å²) in [5.41, 5.74) is 0.466. The number of nitrogens with one attached hydrogen (secondary N) is 2. The lowest BCUT2D eigenvalue weighted by Gasteiger charge is -2.24. The Bertz CT molecular complexity index is 503. The van der Waals surface area contributed by atoms with E-state index in [1.807, 2.05) is 20.8 Å². The Morgan fingerprint density at radius 2 is 1.73 bits per heavy atom. The summed E-state index contributed by atoms with van der Waals surface area (Å²) < 4.78 is 4.99. The molecule has 1 aromatic rings. The molecule has 0 aromatic heterocycles. The van der Waals surface area contributed by atoms with Gasteiger partial charge in [-0.15, -0.1) is 0 Å². The Morgan fingerprint density at radius 3 is 2.23 bits per heavy atom. The molecule has 0 aliphatic heterocycles. The van der Waals surface area contributed by atoms with Gasteiger partial charge in [0.05, 0.1) is 6.61 Å². The van der Waals surface area contributed by atoms with E-state index in [4.69, 9.17) is 16.3 Å². The summed E-state index contributed by atoms with van der Waals surface area (Å²) in [4.78, 5) is 24.5. The van der Waals surface area contributed by atoms with E-state index in [1.54, 1.807) is 31.4 Å². The first-order valence-corrected chi connectivity index (χ1v) is 7.58. The second kappa shape index (κ2) is 8.76. The van der Waals surface area contributed by atoms with Crippen LogP contribution in [0.3, 0.4) is 0 Å². The first kappa shape index (κ1) is 18.5. The quantitative estimate of drug-likeness (QED) is 0.807. The van der Waals surface area contributed by atoms with Crippen molar-refractivity contribution in [2.45, 2.75) is 32.9 Å². The molecule has 0 spiro atoms. The summed E-state index contributed by atoms with van der Waals surface area (Å²) in [5.74, 6) is -0.558. The maximum absolute atomic E-state index is 12.3. The van der Waals surface area contributed by atoms with Crippen molar-refractivity contribution in [2.24, 2.45) is 5.92 Å². The zero-order valence-corrected chi connectivity index (χ0v) is 14.1. The fourth-order valence-electron chi connectivity index (χ4n) is 1.99. The minimum Gasteiger partial charge on any atom is -0.383 e. The fraction of sp³-hybridized carbons (Fsp3) is 0.500. The minimum absolute atomic E-state index is 0.0361. The Morgan fingerprint density at radius 1 is 1.14 bits per heavy atom. The standard InChI is InChI=1S/C16H23ClN2O3/c1-10(2)14(16(21)18-11(3)9-22-4)19-15(20)12-5-7-13(17)8-6-12/h5-8,10-11,14H,9H2,1-4H3,(H,18,21)(H,19,20)/t11-,14-/m0/s1. The van der Waals surface area contributed by atoms with Crippen LogP contribution >= 0.6 is 11.6 Å². The highest BCUT2D eigenvalue weighted by Gasteiger charge is 2.25. The highest BCUT2D eigenvalue weighted by molar-refractivity contribution is 6.30. The van der Waals surface area contributed by atoms with E-state index < -0.39 is 6.04 Å². The van der Waals surface area contributed by atoms with E-state index in [9.17, 15) is 9.59 Å². The van der Waals surface area contributed by atoms with E-state index in [0.717, 1.165) is 0 Å². The summed E-state index contributed by atoms with van der Waals surface area (Å²) in [6.45, 7) is 6.03. The molecule has 0 radical (unpaired) electrons.